The Bertz CT molecular complexity index is 398. The third kappa shape index (κ3) is 6.51. The lowest BCUT2D eigenvalue weighted by Gasteiger charge is -2.24. The summed E-state index contributed by atoms with van der Waals surface area (Å²) in [6.07, 6.45) is -0.774. The second-order valence-electron chi connectivity index (χ2n) is 7.26. The van der Waals surface area contributed by atoms with Gasteiger partial charge >= 0.3 is 0 Å². The number of aliphatic hydroxyl groups excluding tert-OH is 1. The van der Waals surface area contributed by atoms with Crippen molar-refractivity contribution in [2.75, 3.05) is 6.54 Å². The summed E-state index contributed by atoms with van der Waals surface area (Å²) >= 11 is 0. The number of rotatable bonds is 5. The Labute approximate surface area is 123 Å². The van der Waals surface area contributed by atoms with Crippen LogP contribution in [0.3, 0.4) is 0 Å². The molecule has 3 heteroatoms. The van der Waals surface area contributed by atoms with E-state index in [1.54, 1.807) is 0 Å². The minimum absolute atomic E-state index is 0.183. The van der Waals surface area contributed by atoms with Crippen molar-refractivity contribution in [2.45, 2.75) is 65.4 Å². The van der Waals surface area contributed by atoms with Gasteiger partial charge in [-0.15, -0.1) is 0 Å². The molecule has 114 valence electrons. The summed E-state index contributed by atoms with van der Waals surface area (Å²) in [4.78, 5) is 0. The number of nitrogens with one attached hydrogen (secondary N) is 1. The molecule has 0 aromatic heterocycles. The van der Waals surface area contributed by atoms with Crippen molar-refractivity contribution in [3.05, 3.63) is 35.4 Å². The fourth-order valence-corrected chi connectivity index (χ4v) is 1.91. The van der Waals surface area contributed by atoms with Crippen LogP contribution in [-0.4, -0.2) is 23.5 Å². The molecule has 0 radical (unpaired) electrons. The normalized spacial score (nSPS) is 14.3. The lowest BCUT2D eigenvalue weighted by Crippen LogP contribution is -2.35. The molecule has 1 aromatic rings. The molecule has 1 unspecified atom stereocenters. The minimum atomic E-state index is -0.774. The van der Waals surface area contributed by atoms with Gasteiger partial charge in [0.25, 0.3) is 0 Å². The average Bonchev–Trinajstić information content (AvgIpc) is 2.26. The van der Waals surface area contributed by atoms with Crippen molar-refractivity contribution in [3.63, 3.8) is 0 Å². The number of hydrogen-bond donors (Lipinski definition) is 2. The fraction of sp³-hybridized carbons (Fsp3) is 0.647. The van der Waals surface area contributed by atoms with Gasteiger partial charge in [0.15, 0.2) is 6.29 Å². The number of ether oxygens (including phenoxy) is 1. The highest BCUT2D eigenvalue weighted by Gasteiger charge is 2.16. The Hall–Kier alpha value is -0.900. The SMILES string of the molecule is CC(C)(C)OC(O)CNCc1ccc(C(C)(C)C)cc1. The van der Waals surface area contributed by atoms with Crippen LogP contribution in [0.5, 0.6) is 0 Å². The highest BCUT2D eigenvalue weighted by Crippen LogP contribution is 2.22. The molecule has 1 atom stereocenters. The molecule has 0 aliphatic rings. The van der Waals surface area contributed by atoms with Crippen molar-refractivity contribution in [1.82, 2.24) is 5.32 Å². The van der Waals surface area contributed by atoms with Crippen LogP contribution in [0.1, 0.15) is 52.7 Å². The molecule has 0 bridgehead atoms. The first-order valence-corrected chi connectivity index (χ1v) is 7.24. The monoisotopic (exact) mass is 279 g/mol. The van der Waals surface area contributed by atoms with Crippen LogP contribution in [0.2, 0.25) is 0 Å². The molecule has 0 aliphatic heterocycles. The van der Waals surface area contributed by atoms with E-state index in [0.717, 1.165) is 6.54 Å². The molecular weight excluding hydrogens is 250 g/mol. The predicted octanol–water partition coefficient (Wildman–Crippen LogP) is 3.21. The van der Waals surface area contributed by atoms with Crippen LogP contribution in [0.4, 0.5) is 0 Å². The van der Waals surface area contributed by atoms with Gasteiger partial charge < -0.3 is 15.2 Å². The molecule has 20 heavy (non-hydrogen) atoms. The van der Waals surface area contributed by atoms with E-state index in [4.69, 9.17) is 4.74 Å². The second kappa shape index (κ2) is 6.70. The number of aliphatic hydroxyl groups is 1. The van der Waals surface area contributed by atoms with E-state index in [1.807, 2.05) is 20.8 Å². The Kier molecular flexibility index (Phi) is 5.75. The smallest absolute Gasteiger partial charge is 0.167 e. The van der Waals surface area contributed by atoms with E-state index in [9.17, 15) is 5.11 Å². The molecular formula is C17H29NO2. The largest absolute Gasteiger partial charge is 0.367 e. The summed E-state index contributed by atoms with van der Waals surface area (Å²) in [6, 6.07) is 8.59. The van der Waals surface area contributed by atoms with E-state index < -0.39 is 6.29 Å². The van der Waals surface area contributed by atoms with Gasteiger partial charge in [0.1, 0.15) is 0 Å². The summed E-state index contributed by atoms with van der Waals surface area (Å²) in [7, 11) is 0. The molecule has 0 amide bonds. The average molecular weight is 279 g/mol. The maximum absolute atomic E-state index is 9.73. The van der Waals surface area contributed by atoms with Crippen LogP contribution in [0.25, 0.3) is 0 Å². The number of hydrogen-bond acceptors (Lipinski definition) is 3. The molecule has 1 rings (SSSR count). The highest BCUT2D eigenvalue weighted by molar-refractivity contribution is 5.27. The summed E-state index contributed by atoms with van der Waals surface area (Å²) in [5.41, 5.74) is 2.40. The topological polar surface area (TPSA) is 41.5 Å². The maximum atomic E-state index is 9.73. The van der Waals surface area contributed by atoms with Crippen LogP contribution in [0, 0.1) is 0 Å². The third-order valence-electron chi connectivity index (χ3n) is 2.96. The predicted molar refractivity (Wildman–Crippen MR) is 83.7 cm³/mol. The molecule has 0 heterocycles. The van der Waals surface area contributed by atoms with Gasteiger partial charge in [-0.25, -0.2) is 0 Å². The molecule has 2 N–H and O–H groups in total. The number of benzene rings is 1. The van der Waals surface area contributed by atoms with Crippen molar-refractivity contribution >= 4 is 0 Å². The van der Waals surface area contributed by atoms with E-state index in [-0.39, 0.29) is 11.0 Å². The van der Waals surface area contributed by atoms with Gasteiger partial charge in [0.05, 0.1) is 5.60 Å². The van der Waals surface area contributed by atoms with Crippen molar-refractivity contribution in [1.29, 1.82) is 0 Å². The van der Waals surface area contributed by atoms with Crippen LogP contribution in [-0.2, 0) is 16.7 Å². The van der Waals surface area contributed by atoms with Gasteiger partial charge in [-0.05, 0) is 37.3 Å². The molecule has 3 nitrogen and oxygen atoms in total. The van der Waals surface area contributed by atoms with Gasteiger partial charge in [-0.3, -0.25) is 0 Å². The van der Waals surface area contributed by atoms with Crippen molar-refractivity contribution < 1.29 is 9.84 Å². The minimum Gasteiger partial charge on any atom is -0.367 e. The van der Waals surface area contributed by atoms with Crippen LogP contribution in [0.15, 0.2) is 24.3 Å². The summed E-state index contributed by atoms with van der Waals surface area (Å²) in [5.74, 6) is 0. The first kappa shape index (κ1) is 17.2. The first-order valence-electron chi connectivity index (χ1n) is 7.24. The third-order valence-corrected chi connectivity index (χ3v) is 2.96. The lowest BCUT2D eigenvalue weighted by molar-refractivity contribution is -0.162. The molecule has 0 saturated heterocycles. The molecule has 0 aliphatic carbocycles. The zero-order chi connectivity index (χ0) is 15.4. The fourth-order valence-electron chi connectivity index (χ4n) is 1.91. The maximum Gasteiger partial charge on any atom is 0.167 e. The van der Waals surface area contributed by atoms with Gasteiger partial charge in [-0.1, -0.05) is 45.0 Å². The zero-order valence-electron chi connectivity index (χ0n) is 13.7. The Morgan fingerprint density at radius 3 is 2.05 bits per heavy atom. The van der Waals surface area contributed by atoms with Gasteiger partial charge in [0, 0.05) is 13.1 Å². The molecule has 0 fully saturated rings. The summed E-state index contributed by atoms with van der Waals surface area (Å²) < 4.78 is 5.43. The second-order valence-corrected chi connectivity index (χ2v) is 7.26. The van der Waals surface area contributed by atoms with Crippen LogP contribution < -0.4 is 5.32 Å². The Balaban J connectivity index is 2.39. The van der Waals surface area contributed by atoms with Crippen molar-refractivity contribution in [2.24, 2.45) is 0 Å². The van der Waals surface area contributed by atoms with E-state index >= 15 is 0 Å². The summed E-state index contributed by atoms with van der Waals surface area (Å²) in [6.45, 7) is 13.6. The Morgan fingerprint density at radius 1 is 1.05 bits per heavy atom. The zero-order valence-corrected chi connectivity index (χ0v) is 13.7. The van der Waals surface area contributed by atoms with Crippen LogP contribution >= 0.6 is 0 Å². The van der Waals surface area contributed by atoms with Gasteiger partial charge in [0.2, 0.25) is 0 Å². The Morgan fingerprint density at radius 2 is 1.60 bits per heavy atom. The van der Waals surface area contributed by atoms with E-state index in [2.05, 4.69) is 50.4 Å². The molecule has 0 spiro atoms. The van der Waals surface area contributed by atoms with E-state index in [0.29, 0.717) is 6.54 Å². The molecule has 1 aromatic carbocycles. The van der Waals surface area contributed by atoms with Crippen molar-refractivity contribution in [3.8, 4) is 0 Å². The highest BCUT2D eigenvalue weighted by atomic mass is 16.6. The standard InChI is InChI=1S/C17H29NO2/c1-16(2,3)14-9-7-13(8-10-14)11-18-12-15(19)20-17(4,5)6/h7-10,15,18-19H,11-12H2,1-6H3. The first-order chi connectivity index (χ1) is 9.08. The quantitative estimate of drug-likeness (QED) is 0.813. The summed E-state index contributed by atoms with van der Waals surface area (Å²) in [5, 5.41) is 12.9. The van der Waals surface area contributed by atoms with E-state index in [1.165, 1.54) is 11.1 Å². The lowest BCUT2D eigenvalue weighted by atomic mass is 9.87. The molecule has 0 saturated carbocycles. The van der Waals surface area contributed by atoms with Gasteiger partial charge in [-0.2, -0.15) is 0 Å².